The van der Waals surface area contributed by atoms with Gasteiger partial charge in [-0.1, -0.05) is 12.1 Å². The van der Waals surface area contributed by atoms with E-state index < -0.39 is 5.91 Å². The van der Waals surface area contributed by atoms with Crippen molar-refractivity contribution in [3.8, 4) is 11.8 Å². The van der Waals surface area contributed by atoms with E-state index in [9.17, 15) is 9.90 Å². The van der Waals surface area contributed by atoms with E-state index >= 15 is 0 Å². The summed E-state index contributed by atoms with van der Waals surface area (Å²) in [4.78, 5) is 20.2. The molecular weight excluding hydrogens is 310 g/mol. The Bertz CT molecular complexity index is 831. The predicted octanol–water partition coefficient (Wildman–Crippen LogP) is 1.15. The number of aliphatic hydroxyl groups excluding tert-OH is 1. The smallest absolute Gasteiger partial charge is 0.276 e. The van der Waals surface area contributed by atoms with Crippen molar-refractivity contribution in [3.05, 3.63) is 60.0 Å². The van der Waals surface area contributed by atoms with E-state index in [2.05, 4.69) is 20.4 Å². The Kier molecular flexibility index (Phi) is 4.48. The van der Waals surface area contributed by atoms with Gasteiger partial charge in [-0.05, 0) is 30.2 Å². The molecular formula is C16H15N5O3. The normalized spacial score (nSPS) is 10.5. The van der Waals surface area contributed by atoms with Crippen LogP contribution in [0.1, 0.15) is 16.1 Å². The van der Waals surface area contributed by atoms with Crippen molar-refractivity contribution in [1.29, 1.82) is 0 Å². The van der Waals surface area contributed by atoms with Gasteiger partial charge < -0.3 is 15.5 Å². The van der Waals surface area contributed by atoms with E-state index in [-0.39, 0.29) is 24.1 Å². The molecule has 3 N–H and O–H groups in total. The average Bonchev–Trinajstić information content (AvgIpc) is 3.00. The fourth-order valence-electron chi connectivity index (χ4n) is 2.11. The molecule has 0 aliphatic heterocycles. The van der Waals surface area contributed by atoms with Gasteiger partial charge in [0, 0.05) is 30.8 Å². The van der Waals surface area contributed by atoms with Crippen molar-refractivity contribution < 1.29 is 15.0 Å². The van der Waals surface area contributed by atoms with Crippen molar-refractivity contribution >= 4 is 11.6 Å². The second kappa shape index (κ2) is 6.88. The van der Waals surface area contributed by atoms with Crippen LogP contribution in [0.2, 0.25) is 0 Å². The number of rotatable bonds is 5. The monoisotopic (exact) mass is 325 g/mol. The number of nitrogens with one attached hydrogen (secondary N) is 1. The minimum atomic E-state index is -0.463. The summed E-state index contributed by atoms with van der Waals surface area (Å²) < 4.78 is 1.08. The number of hydrogen-bond donors (Lipinski definition) is 3. The van der Waals surface area contributed by atoms with Crippen LogP contribution >= 0.6 is 0 Å². The van der Waals surface area contributed by atoms with Crippen LogP contribution in [0.4, 0.5) is 5.69 Å². The van der Waals surface area contributed by atoms with Gasteiger partial charge in [-0.2, -0.15) is 9.78 Å². The Hall–Kier alpha value is -3.26. The fraction of sp³-hybridized carbons (Fsp3) is 0.125. The van der Waals surface area contributed by atoms with E-state index in [0.29, 0.717) is 12.1 Å². The Balaban J connectivity index is 1.76. The quantitative estimate of drug-likeness (QED) is 0.648. The second-order valence-corrected chi connectivity index (χ2v) is 4.97. The van der Waals surface area contributed by atoms with Gasteiger partial charge in [0.15, 0.2) is 5.69 Å². The molecule has 0 spiro atoms. The average molecular weight is 325 g/mol. The number of carbonyl (C=O) groups is 1. The first-order chi connectivity index (χ1) is 11.7. The van der Waals surface area contributed by atoms with Crippen LogP contribution in [-0.2, 0) is 6.42 Å². The van der Waals surface area contributed by atoms with E-state index in [1.807, 2.05) is 12.1 Å². The van der Waals surface area contributed by atoms with Gasteiger partial charge in [-0.3, -0.25) is 4.79 Å². The van der Waals surface area contributed by atoms with Gasteiger partial charge >= 0.3 is 0 Å². The van der Waals surface area contributed by atoms with E-state index in [1.165, 1.54) is 18.5 Å². The van der Waals surface area contributed by atoms with Crippen molar-refractivity contribution in [2.45, 2.75) is 6.42 Å². The molecule has 122 valence electrons. The Morgan fingerprint density at radius 1 is 1.17 bits per heavy atom. The lowest BCUT2D eigenvalue weighted by atomic mass is 10.1. The van der Waals surface area contributed by atoms with Gasteiger partial charge in [0.25, 0.3) is 11.9 Å². The summed E-state index contributed by atoms with van der Waals surface area (Å²) >= 11 is 0. The zero-order chi connectivity index (χ0) is 16.9. The van der Waals surface area contributed by atoms with Gasteiger partial charge in [0.1, 0.15) is 0 Å². The zero-order valence-corrected chi connectivity index (χ0v) is 12.6. The van der Waals surface area contributed by atoms with Crippen LogP contribution in [0.3, 0.4) is 0 Å². The first kappa shape index (κ1) is 15.6. The molecule has 0 aliphatic carbocycles. The van der Waals surface area contributed by atoms with Crippen LogP contribution in [-0.4, -0.2) is 42.5 Å². The van der Waals surface area contributed by atoms with E-state index in [4.69, 9.17) is 5.11 Å². The maximum atomic E-state index is 12.2. The molecule has 0 fully saturated rings. The largest absolute Gasteiger partial charge is 0.493 e. The summed E-state index contributed by atoms with van der Waals surface area (Å²) in [6.07, 6.45) is 3.58. The Labute approximate surface area is 137 Å². The number of carbonyl (C=O) groups excluding carboxylic acids is 1. The molecule has 0 radical (unpaired) electrons. The Morgan fingerprint density at radius 2 is 1.88 bits per heavy atom. The summed E-state index contributed by atoms with van der Waals surface area (Å²) in [5.41, 5.74) is 1.60. The summed E-state index contributed by atoms with van der Waals surface area (Å²) in [5, 5.41) is 25.5. The summed E-state index contributed by atoms with van der Waals surface area (Å²) in [5.74, 6) is -0.526. The number of amides is 1. The van der Waals surface area contributed by atoms with Crippen molar-refractivity contribution in [2.75, 3.05) is 11.9 Å². The first-order valence-electron chi connectivity index (χ1n) is 7.25. The number of nitrogens with zero attached hydrogens (tertiary/aromatic N) is 4. The third-order valence-electron chi connectivity index (χ3n) is 3.28. The lowest BCUT2D eigenvalue weighted by Gasteiger charge is -2.04. The lowest BCUT2D eigenvalue weighted by Crippen LogP contribution is -2.13. The number of aromatic hydroxyl groups is 1. The van der Waals surface area contributed by atoms with Crippen molar-refractivity contribution in [1.82, 2.24) is 19.7 Å². The minimum Gasteiger partial charge on any atom is -0.493 e. The molecule has 0 unspecified atom stereocenters. The molecule has 0 aliphatic rings. The van der Waals surface area contributed by atoms with Crippen LogP contribution in [0.25, 0.3) is 5.95 Å². The maximum Gasteiger partial charge on any atom is 0.276 e. The van der Waals surface area contributed by atoms with Crippen LogP contribution < -0.4 is 5.32 Å². The molecule has 8 nitrogen and oxygen atoms in total. The molecule has 1 aromatic carbocycles. The number of anilines is 1. The fourth-order valence-corrected chi connectivity index (χ4v) is 2.11. The van der Waals surface area contributed by atoms with Gasteiger partial charge in [-0.15, -0.1) is 0 Å². The highest BCUT2D eigenvalue weighted by Gasteiger charge is 2.16. The minimum absolute atomic E-state index is 0.0411. The summed E-state index contributed by atoms with van der Waals surface area (Å²) in [6.45, 7) is 0.0734. The first-order valence-corrected chi connectivity index (χ1v) is 7.25. The topological polar surface area (TPSA) is 113 Å². The van der Waals surface area contributed by atoms with Gasteiger partial charge in [0.2, 0.25) is 5.88 Å². The Morgan fingerprint density at radius 3 is 2.54 bits per heavy atom. The number of aliphatic hydroxyl groups is 1. The highest BCUT2D eigenvalue weighted by atomic mass is 16.3. The molecule has 0 saturated carbocycles. The number of hydrogen-bond acceptors (Lipinski definition) is 6. The standard InChI is InChI=1S/C16H15N5O3/c22-9-6-11-2-4-12(5-3-11)19-15(24)13-10-14(23)21(20-13)16-17-7-1-8-18-16/h1-5,7-8,10,22-23H,6,9H2,(H,19,24). The number of aromatic nitrogens is 4. The molecule has 0 atom stereocenters. The van der Waals surface area contributed by atoms with Crippen LogP contribution in [0.5, 0.6) is 5.88 Å². The zero-order valence-electron chi connectivity index (χ0n) is 12.6. The second-order valence-electron chi connectivity index (χ2n) is 4.97. The molecule has 1 amide bonds. The molecule has 24 heavy (non-hydrogen) atoms. The van der Waals surface area contributed by atoms with Gasteiger partial charge in [-0.25, -0.2) is 9.97 Å². The van der Waals surface area contributed by atoms with Crippen molar-refractivity contribution in [3.63, 3.8) is 0 Å². The van der Waals surface area contributed by atoms with E-state index in [0.717, 1.165) is 10.2 Å². The summed E-state index contributed by atoms with van der Waals surface area (Å²) in [6, 6.07) is 9.99. The molecule has 0 bridgehead atoms. The van der Waals surface area contributed by atoms with Crippen molar-refractivity contribution in [2.24, 2.45) is 0 Å². The predicted molar refractivity (Wildman–Crippen MR) is 86.0 cm³/mol. The van der Waals surface area contributed by atoms with E-state index in [1.54, 1.807) is 18.2 Å². The molecule has 2 aromatic heterocycles. The number of benzene rings is 1. The lowest BCUT2D eigenvalue weighted by molar-refractivity contribution is 0.102. The third-order valence-corrected chi connectivity index (χ3v) is 3.28. The van der Waals surface area contributed by atoms with Gasteiger partial charge in [0.05, 0.1) is 0 Å². The molecule has 2 heterocycles. The molecule has 0 saturated heterocycles. The molecule has 3 aromatic rings. The SMILES string of the molecule is O=C(Nc1ccc(CCO)cc1)c1cc(O)n(-c2ncccn2)n1. The highest BCUT2D eigenvalue weighted by molar-refractivity contribution is 6.03. The highest BCUT2D eigenvalue weighted by Crippen LogP contribution is 2.17. The molecule has 3 rings (SSSR count). The van der Waals surface area contributed by atoms with Crippen LogP contribution in [0, 0.1) is 0 Å². The third kappa shape index (κ3) is 3.39. The summed E-state index contributed by atoms with van der Waals surface area (Å²) in [7, 11) is 0. The molecule has 8 heteroatoms. The maximum absolute atomic E-state index is 12.2. The van der Waals surface area contributed by atoms with Crippen LogP contribution in [0.15, 0.2) is 48.8 Å².